The van der Waals surface area contributed by atoms with Crippen LogP contribution in [-0.2, 0) is 9.53 Å². The van der Waals surface area contributed by atoms with Crippen molar-refractivity contribution in [2.75, 3.05) is 13.7 Å². The molecule has 0 radical (unpaired) electrons. The minimum absolute atomic E-state index is 0.00415. The van der Waals surface area contributed by atoms with E-state index in [2.05, 4.69) is 18.6 Å². The molecule has 3 heteroatoms. The third kappa shape index (κ3) is 4.11. The maximum absolute atomic E-state index is 11.7. The molecule has 0 saturated carbocycles. The molecule has 1 aromatic rings. The summed E-state index contributed by atoms with van der Waals surface area (Å²) in [4.78, 5) is 23.0. The van der Waals surface area contributed by atoms with Crippen LogP contribution < -0.4 is 0 Å². The Morgan fingerprint density at radius 3 is 2.24 bits per heavy atom. The summed E-state index contributed by atoms with van der Waals surface area (Å²) >= 11 is 0. The lowest BCUT2D eigenvalue weighted by Gasteiger charge is -2.06. The van der Waals surface area contributed by atoms with Crippen LogP contribution in [0.4, 0.5) is 0 Å². The number of carbonyl (C=O) groups is 2. The second-order valence-electron chi connectivity index (χ2n) is 4.35. The van der Waals surface area contributed by atoms with E-state index in [1.807, 2.05) is 12.1 Å². The molecule has 3 nitrogen and oxygen atoms in total. The van der Waals surface area contributed by atoms with Crippen molar-refractivity contribution in [1.29, 1.82) is 0 Å². The lowest BCUT2D eigenvalue weighted by atomic mass is 9.99. The van der Waals surface area contributed by atoms with Gasteiger partial charge in [-0.15, -0.1) is 0 Å². The van der Waals surface area contributed by atoms with Crippen LogP contribution in [0.15, 0.2) is 24.3 Å². The first-order valence-electron chi connectivity index (χ1n) is 5.68. The van der Waals surface area contributed by atoms with Crippen LogP contribution in [0.2, 0.25) is 0 Å². The van der Waals surface area contributed by atoms with E-state index in [1.165, 1.54) is 12.7 Å². The van der Waals surface area contributed by atoms with Crippen LogP contribution >= 0.6 is 0 Å². The standard InChI is InChI=1S/C14H18O3/c1-10(2)11-4-6-12(7-5-11)14(16)8-13(15)9-17-3/h4-7,10H,8-9H2,1-3H3. The topological polar surface area (TPSA) is 43.4 Å². The zero-order valence-corrected chi connectivity index (χ0v) is 10.5. The second-order valence-corrected chi connectivity index (χ2v) is 4.35. The number of ketones is 2. The first-order chi connectivity index (χ1) is 8.04. The van der Waals surface area contributed by atoms with E-state index in [-0.39, 0.29) is 24.6 Å². The van der Waals surface area contributed by atoms with Crippen molar-refractivity contribution in [2.45, 2.75) is 26.2 Å². The molecule has 0 aromatic heterocycles. The normalized spacial score (nSPS) is 10.6. The van der Waals surface area contributed by atoms with E-state index in [9.17, 15) is 9.59 Å². The predicted octanol–water partition coefficient (Wildman–Crippen LogP) is 2.60. The van der Waals surface area contributed by atoms with Gasteiger partial charge in [0.2, 0.25) is 0 Å². The minimum atomic E-state index is -0.189. The number of methoxy groups -OCH3 is 1. The minimum Gasteiger partial charge on any atom is -0.377 e. The van der Waals surface area contributed by atoms with Crippen LogP contribution in [0.3, 0.4) is 0 Å². The van der Waals surface area contributed by atoms with Crippen molar-refractivity contribution in [3.63, 3.8) is 0 Å². The Morgan fingerprint density at radius 1 is 1.18 bits per heavy atom. The average Bonchev–Trinajstić information content (AvgIpc) is 2.29. The number of hydrogen-bond donors (Lipinski definition) is 0. The first kappa shape index (κ1) is 13.6. The fraction of sp³-hybridized carbons (Fsp3) is 0.429. The molecule has 0 bridgehead atoms. The number of rotatable bonds is 6. The third-order valence-corrected chi connectivity index (χ3v) is 2.56. The molecule has 0 atom stereocenters. The Bertz CT molecular complexity index is 390. The maximum Gasteiger partial charge on any atom is 0.170 e. The lowest BCUT2D eigenvalue weighted by molar-refractivity contribution is -0.121. The zero-order valence-electron chi connectivity index (χ0n) is 10.5. The summed E-state index contributed by atoms with van der Waals surface area (Å²) in [5.41, 5.74) is 1.77. The van der Waals surface area contributed by atoms with Crippen molar-refractivity contribution >= 4 is 11.6 Å². The summed E-state index contributed by atoms with van der Waals surface area (Å²) in [6.07, 6.45) is -0.0884. The Hall–Kier alpha value is -1.48. The number of benzene rings is 1. The SMILES string of the molecule is COCC(=O)CC(=O)c1ccc(C(C)C)cc1. The van der Waals surface area contributed by atoms with Crippen LogP contribution in [0.25, 0.3) is 0 Å². The van der Waals surface area contributed by atoms with Gasteiger partial charge in [0, 0.05) is 12.7 Å². The maximum atomic E-state index is 11.7. The van der Waals surface area contributed by atoms with Crippen LogP contribution in [0.1, 0.15) is 42.1 Å². The molecule has 0 spiro atoms. The molecule has 92 valence electrons. The smallest absolute Gasteiger partial charge is 0.170 e. The second kappa shape index (κ2) is 6.30. The molecule has 17 heavy (non-hydrogen) atoms. The molecule has 0 amide bonds. The van der Waals surface area contributed by atoms with Gasteiger partial charge in [0.05, 0.1) is 6.42 Å². The molecular weight excluding hydrogens is 216 g/mol. The number of hydrogen-bond acceptors (Lipinski definition) is 3. The van der Waals surface area contributed by atoms with Gasteiger partial charge in [-0.1, -0.05) is 38.1 Å². The van der Waals surface area contributed by atoms with Crippen LogP contribution in [0, 0.1) is 0 Å². The Labute approximate surface area is 102 Å². The Kier molecular flexibility index (Phi) is 5.04. The van der Waals surface area contributed by atoms with Gasteiger partial charge in [0.15, 0.2) is 11.6 Å². The highest BCUT2D eigenvalue weighted by Gasteiger charge is 2.11. The Balaban J connectivity index is 2.67. The van der Waals surface area contributed by atoms with E-state index in [4.69, 9.17) is 0 Å². The summed E-state index contributed by atoms with van der Waals surface area (Å²) < 4.78 is 4.69. The van der Waals surface area contributed by atoms with Crippen molar-refractivity contribution in [3.05, 3.63) is 35.4 Å². The van der Waals surface area contributed by atoms with Gasteiger partial charge >= 0.3 is 0 Å². The zero-order chi connectivity index (χ0) is 12.8. The molecule has 0 aliphatic heterocycles. The van der Waals surface area contributed by atoms with Crippen LogP contribution in [0.5, 0.6) is 0 Å². The highest BCUT2D eigenvalue weighted by atomic mass is 16.5. The third-order valence-electron chi connectivity index (χ3n) is 2.56. The van der Waals surface area contributed by atoms with Crippen LogP contribution in [-0.4, -0.2) is 25.3 Å². The Morgan fingerprint density at radius 2 is 1.76 bits per heavy atom. The summed E-state index contributed by atoms with van der Waals surface area (Å²) in [7, 11) is 1.44. The van der Waals surface area contributed by atoms with Gasteiger partial charge in [0.1, 0.15) is 6.61 Å². The lowest BCUT2D eigenvalue weighted by Crippen LogP contribution is -2.12. The fourth-order valence-electron chi connectivity index (χ4n) is 1.55. The molecule has 0 aliphatic carbocycles. The van der Waals surface area contributed by atoms with Gasteiger partial charge in [-0.25, -0.2) is 0 Å². The van der Waals surface area contributed by atoms with Gasteiger partial charge in [-0.3, -0.25) is 9.59 Å². The summed E-state index contributed by atoms with van der Waals surface area (Å²) in [6.45, 7) is 4.19. The monoisotopic (exact) mass is 234 g/mol. The number of carbonyl (C=O) groups excluding carboxylic acids is 2. The highest BCUT2D eigenvalue weighted by Crippen LogP contribution is 2.15. The van der Waals surface area contributed by atoms with Crippen molar-refractivity contribution in [1.82, 2.24) is 0 Å². The van der Waals surface area contributed by atoms with Gasteiger partial charge < -0.3 is 4.74 Å². The molecule has 0 heterocycles. The van der Waals surface area contributed by atoms with Crippen molar-refractivity contribution in [3.8, 4) is 0 Å². The van der Waals surface area contributed by atoms with Gasteiger partial charge in [-0.05, 0) is 11.5 Å². The quantitative estimate of drug-likeness (QED) is 0.561. The van der Waals surface area contributed by atoms with Crippen molar-refractivity contribution in [2.24, 2.45) is 0 Å². The van der Waals surface area contributed by atoms with E-state index < -0.39 is 0 Å². The molecule has 0 aliphatic rings. The predicted molar refractivity (Wildman–Crippen MR) is 66.4 cm³/mol. The summed E-state index contributed by atoms with van der Waals surface area (Å²) in [5, 5.41) is 0. The van der Waals surface area contributed by atoms with E-state index >= 15 is 0 Å². The molecule has 0 fully saturated rings. The summed E-state index contributed by atoms with van der Waals surface area (Å²) in [5.74, 6) is 0.0991. The average molecular weight is 234 g/mol. The molecule has 0 saturated heterocycles. The molecule has 0 N–H and O–H groups in total. The van der Waals surface area contributed by atoms with E-state index in [0.717, 1.165) is 0 Å². The van der Waals surface area contributed by atoms with E-state index in [1.54, 1.807) is 12.1 Å². The molecule has 1 aromatic carbocycles. The molecule has 1 rings (SSSR count). The first-order valence-corrected chi connectivity index (χ1v) is 5.68. The fourth-order valence-corrected chi connectivity index (χ4v) is 1.55. The van der Waals surface area contributed by atoms with Crippen molar-refractivity contribution < 1.29 is 14.3 Å². The molecule has 0 unspecified atom stereocenters. The van der Waals surface area contributed by atoms with Gasteiger partial charge in [-0.2, -0.15) is 0 Å². The summed E-state index contributed by atoms with van der Waals surface area (Å²) in [6, 6.07) is 7.41. The van der Waals surface area contributed by atoms with E-state index in [0.29, 0.717) is 11.5 Å². The highest BCUT2D eigenvalue weighted by molar-refractivity contribution is 6.08. The molecular formula is C14H18O3. The largest absolute Gasteiger partial charge is 0.377 e. The number of ether oxygens (including phenoxy) is 1. The number of Topliss-reactive ketones (excluding diaryl/α,β-unsaturated/α-hetero) is 2. The van der Waals surface area contributed by atoms with Gasteiger partial charge in [0.25, 0.3) is 0 Å².